The average Bonchev–Trinajstić information content (AvgIpc) is 3.35. The standard InChI is InChI=1S/C26H31N3O5/c1-5-33-25(31)17-15-28-19(14-20(17)30)23-16-8-6-9-21(34-13-7-12-32-4)22(16)27-29(23)18-10-11-26(2,3)24(18)28/h6,8-9,14-15,18,24H,5,7,10-13H2,1-4H3. The van der Waals surface area contributed by atoms with Crippen molar-refractivity contribution in [3.8, 4) is 17.1 Å². The molecule has 2 aliphatic rings. The normalized spacial score (nSPS) is 20.0. The highest BCUT2D eigenvalue weighted by Gasteiger charge is 2.48. The van der Waals surface area contributed by atoms with E-state index >= 15 is 0 Å². The van der Waals surface area contributed by atoms with Gasteiger partial charge >= 0.3 is 5.97 Å². The summed E-state index contributed by atoms with van der Waals surface area (Å²) in [6, 6.07) is 7.64. The molecule has 1 aromatic carbocycles. The number of pyridine rings is 1. The maximum absolute atomic E-state index is 13.0. The zero-order valence-electron chi connectivity index (χ0n) is 20.2. The van der Waals surface area contributed by atoms with Crippen molar-refractivity contribution in [2.75, 3.05) is 26.9 Å². The number of esters is 1. The number of carbonyl (C=O) groups is 1. The summed E-state index contributed by atoms with van der Waals surface area (Å²) in [4.78, 5) is 25.5. The topological polar surface area (TPSA) is 84.6 Å². The summed E-state index contributed by atoms with van der Waals surface area (Å²) in [5.74, 6) is 0.146. The minimum Gasteiger partial charge on any atom is -0.491 e. The van der Waals surface area contributed by atoms with Crippen molar-refractivity contribution < 1.29 is 19.0 Å². The van der Waals surface area contributed by atoms with E-state index in [9.17, 15) is 9.59 Å². The highest BCUT2D eigenvalue weighted by molar-refractivity contribution is 5.97. The number of fused-ring (bicyclic) bond motifs is 8. The summed E-state index contributed by atoms with van der Waals surface area (Å²) in [5, 5.41) is 5.96. The molecule has 8 heteroatoms. The van der Waals surface area contributed by atoms with Crippen LogP contribution in [0.25, 0.3) is 22.3 Å². The molecule has 5 rings (SSSR count). The molecule has 34 heavy (non-hydrogen) atoms. The van der Waals surface area contributed by atoms with E-state index in [2.05, 4.69) is 23.1 Å². The number of hydrogen-bond donors (Lipinski definition) is 0. The third-order valence-corrected chi connectivity index (χ3v) is 7.12. The molecule has 2 atom stereocenters. The molecule has 0 N–H and O–H groups in total. The third kappa shape index (κ3) is 3.52. The molecule has 1 saturated carbocycles. The number of carbonyl (C=O) groups excluding carboxylic acids is 1. The Hall–Kier alpha value is -3.13. The first-order valence-corrected chi connectivity index (χ1v) is 11.9. The second kappa shape index (κ2) is 8.58. The smallest absolute Gasteiger partial charge is 0.343 e. The molecule has 2 unspecified atom stereocenters. The maximum atomic E-state index is 13.0. The first-order chi connectivity index (χ1) is 16.4. The molecule has 8 nitrogen and oxygen atoms in total. The second-order valence-electron chi connectivity index (χ2n) is 9.74. The minimum absolute atomic E-state index is 0.0320. The molecule has 2 aromatic heterocycles. The number of rotatable bonds is 7. The van der Waals surface area contributed by atoms with Crippen molar-refractivity contribution in [1.82, 2.24) is 14.3 Å². The molecule has 1 aliphatic heterocycles. The molecule has 180 valence electrons. The largest absolute Gasteiger partial charge is 0.491 e. The molecule has 0 amide bonds. The Balaban J connectivity index is 1.70. The number of benzene rings is 1. The lowest BCUT2D eigenvalue weighted by molar-refractivity contribution is 0.0522. The Morgan fingerprint density at radius 3 is 2.85 bits per heavy atom. The third-order valence-electron chi connectivity index (χ3n) is 7.12. The van der Waals surface area contributed by atoms with Crippen molar-refractivity contribution in [2.45, 2.75) is 52.1 Å². The van der Waals surface area contributed by atoms with Gasteiger partial charge in [0.05, 0.1) is 36.7 Å². The number of methoxy groups -OCH3 is 1. The fourth-order valence-corrected chi connectivity index (χ4v) is 5.59. The van der Waals surface area contributed by atoms with Crippen LogP contribution in [0.4, 0.5) is 0 Å². The molecule has 0 bridgehead atoms. The number of aromatic nitrogens is 3. The van der Waals surface area contributed by atoms with E-state index in [1.165, 1.54) is 0 Å². The highest BCUT2D eigenvalue weighted by Crippen LogP contribution is 2.56. The summed E-state index contributed by atoms with van der Waals surface area (Å²) in [6.45, 7) is 7.61. The zero-order valence-corrected chi connectivity index (χ0v) is 20.2. The molecule has 0 saturated heterocycles. The van der Waals surface area contributed by atoms with Crippen LogP contribution >= 0.6 is 0 Å². The summed E-state index contributed by atoms with van der Waals surface area (Å²) in [5.41, 5.74) is 2.15. The van der Waals surface area contributed by atoms with Crippen molar-refractivity contribution in [3.05, 3.63) is 46.2 Å². The lowest BCUT2D eigenvalue weighted by Crippen LogP contribution is -2.35. The van der Waals surface area contributed by atoms with Crippen LogP contribution in [0.1, 0.15) is 62.5 Å². The quantitative estimate of drug-likeness (QED) is 0.380. The predicted molar refractivity (Wildman–Crippen MR) is 128 cm³/mol. The number of hydrogen-bond acceptors (Lipinski definition) is 6. The van der Waals surface area contributed by atoms with Crippen molar-refractivity contribution in [1.29, 1.82) is 0 Å². The fraction of sp³-hybridized carbons (Fsp3) is 0.500. The van der Waals surface area contributed by atoms with Crippen LogP contribution in [0.3, 0.4) is 0 Å². The first-order valence-electron chi connectivity index (χ1n) is 11.9. The summed E-state index contributed by atoms with van der Waals surface area (Å²) >= 11 is 0. The van der Waals surface area contributed by atoms with Gasteiger partial charge in [-0.2, -0.15) is 5.10 Å². The Labute approximate surface area is 198 Å². The van der Waals surface area contributed by atoms with Gasteiger partial charge in [-0.3, -0.25) is 9.48 Å². The van der Waals surface area contributed by atoms with E-state index in [1.54, 1.807) is 26.3 Å². The van der Waals surface area contributed by atoms with Crippen LogP contribution in [0.15, 0.2) is 35.3 Å². The van der Waals surface area contributed by atoms with E-state index in [-0.39, 0.29) is 35.1 Å². The molecule has 0 radical (unpaired) electrons. The highest BCUT2D eigenvalue weighted by atomic mass is 16.5. The van der Waals surface area contributed by atoms with Crippen LogP contribution in [-0.2, 0) is 9.47 Å². The molecule has 1 aliphatic carbocycles. The zero-order chi connectivity index (χ0) is 24.0. The second-order valence-corrected chi connectivity index (χ2v) is 9.74. The van der Waals surface area contributed by atoms with Crippen LogP contribution in [-0.4, -0.2) is 47.2 Å². The maximum Gasteiger partial charge on any atom is 0.343 e. The lowest BCUT2D eigenvalue weighted by Gasteiger charge is -2.39. The molecule has 3 heterocycles. The SMILES string of the molecule is CCOC(=O)c1cn2c(cc1=O)-c1c3cccc(OCCCOC)c3nn1C1CCC(C)(C)C12. The molecular weight excluding hydrogens is 434 g/mol. The molecule has 3 aromatic rings. The van der Waals surface area contributed by atoms with Gasteiger partial charge < -0.3 is 18.8 Å². The van der Waals surface area contributed by atoms with Gasteiger partial charge in [0.2, 0.25) is 0 Å². The summed E-state index contributed by atoms with van der Waals surface area (Å²) in [6.07, 6.45) is 4.46. The first kappa shape index (κ1) is 22.7. The number of nitrogens with zero attached hydrogens (tertiary/aromatic N) is 3. The minimum atomic E-state index is -0.578. The van der Waals surface area contributed by atoms with Crippen LogP contribution in [0, 0.1) is 5.41 Å². The average molecular weight is 466 g/mol. The van der Waals surface area contributed by atoms with Crippen molar-refractivity contribution in [3.63, 3.8) is 0 Å². The van der Waals surface area contributed by atoms with Gasteiger partial charge in [-0.25, -0.2) is 4.79 Å². The van der Waals surface area contributed by atoms with E-state index in [0.29, 0.717) is 13.2 Å². The van der Waals surface area contributed by atoms with Gasteiger partial charge in [-0.15, -0.1) is 0 Å². The Morgan fingerprint density at radius 2 is 2.09 bits per heavy atom. The molecule has 0 spiro atoms. The van der Waals surface area contributed by atoms with Crippen LogP contribution in [0.5, 0.6) is 5.75 Å². The lowest BCUT2D eigenvalue weighted by atomic mass is 9.84. The van der Waals surface area contributed by atoms with Crippen LogP contribution in [0.2, 0.25) is 0 Å². The predicted octanol–water partition coefficient (Wildman–Crippen LogP) is 4.37. The van der Waals surface area contributed by atoms with E-state index in [4.69, 9.17) is 19.3 Å². The van der Waals surface area contributed by atoms with Gasteiger partial charge in [-0.05, 0) is 31.2 Å². The van der Waals surface area contributed by atoms with E-state index in [0.717, 1.165) is 47.3 Å². The Bertz CT molecular complexity index is 1310. The number of ether oxygens (including phenoxy) is 3. The monoisotopic (exact) mass is 465 g/mol. The Morgan fingerprint density at radius 1 is 1.26 bits per heavy atom. The van der Waals surface area contributed by atoms with Gasteiger partial charge in [-0.1, -0.05) is 26.0 Å². The van der Waals surface area contributed by atoms with Gasteiger partial charge in [0, 0.05) is 37.8 Å². The summed E-state index contributed by atoms with van der Waals surface area (Å²) < 4.78 is 20.6. The molecular formula is C26H31N3O5. The van der Waals surface area contributed by atoms with Crippen molar-refractivity contribution in [2.24, 2.45) is 5.41 Å². The molecule has 1 fully saturated rings. The van der Waals surface area contributed by atoms with Crippen LogP contribution < -0.4 is 10.2 Å². The van der Waals surface area contributed by atoms with Gasteiger partial charge in [0.15, 0.2) is 5.43 Å². The van der Waals surface area contributed by atoms with Gasteiger partial charge in [0.1, 0.15) is 16.8 Å². The summed E-state index contributed by atoms with van der Waals surface area (Å²) in [7, 11) is 1.68. The fourth-order valence-electron chi connectivity index (χ4n) is 5.59. The van der Waals surface area contributed by atoms with Crippen molar-refractivity contribution >= 4 is 16.9 Å². The van der Waals surface area contributed by atoms with E-state index in [1.807, 2.05) is 18.2 Å². The Kier molecular flexibility index (Phi) is 5.72. The van der Waals surface area contributed by atoms with E-state index < -0.39 is 5.97 Å². The van der Waals surface area contributed by atoms with Gasteiger partial charge in [0.25, 0.3) is 0 Å².